The fourth-order valence-corrected chi connectivity index (χ4v) is 3.37. The van der Waals surface area contributed by atoms with E-state index < -0.39 is 11.8 Å². The highest BCUT2D eigenvalue weighted by Crippen LogP contribution is 2.24. The van der Waals surface area contributed by atoms with E-state index in [0.29, 0.717) is 18.7 Å². The number of para-hydroxylation sites is 1. The molecule has 3 rings (SSSR count). The monoisotopic (exact) mass is 367 g/mol. The summed E-state index contributed by atoms with van der Waals surface area (Å²) in [5.41, 5.74) is 2.94. The van der Waals surface area contributed by atoms with Crippen molar-refractivity contribution in [3.63, 3.8) is 0 Å². The Bertz CT molecular complexity index is 949. The van der Waals surface area contributed by atoms with E-state index in [1.54, 1.807) is 6.07 Å². The molecule has 3 aromatic rings. The quantitative estimate of drug-likeness (QED) is 0.538. The summed E-state index contributed by atoms with van der Waals surface area (Å²) in [6.45, 7) is 0.411. The maximum Gasteiger partial charge on any atom is 0.313 e. The number of aromatic nitrogens is 1. The van der Waals surface area contributed by atoms with Crippen molar-refractivity contribution in [2.75, 3.05) is 18.1 Å². The average Bonchev–Trinajstić information content (AvgIpc) is 3.02. The lowest BCUT2D eigenvalue weighted by Crippen LogP contribution is -2.36. The van der Waals surface area contributed by atoms with E-state index in [0.717, 1.165) is 10.5 Å². The van der Waals surface area contributed by atoms with Crippen LogP contribution in [0.1, 0.15) is 5.56 Å². The van der Waals surface area contributed by atoms with Gasteiger partial charge >= 0.3 is 11.8 Å². The topological polar surface area (TPSA) is 63.1 Å². The van der Waals surface area contributed by atoms with Gasteiger partial charge < -0.3 is 15.2 Å². The summed E-state index contributed by atoms with van der Waals surface area (Å²) in [6.07, 6.45) is 4.62. The van der Waals surface area contributed by atoms with Gasteiger partial charge in [0, 0.05) is 30.2 Å². The zero-order valence-corrected chi connectivity index (χ0v) is 15.6. The van der Waals surface area contributed by atoms with Crippen LogP contribution in [0.25, 0.3) is 10.9 Å². The molecule has 0 radical (unpaired) electrons. The van der Waals surface area contributed by atoms with E-state index in [4.69, 9.17) is 0 Å². The van der Waals surface area contributed by atoms with Crippen LogP contribution < -0.4 is 10.6 Å². The average molecular weight is 367 g/mol. The van der Waals surface area contributed by atoms with Crippen LogP contribution in [-0.2, 0) is 23.1 Å². The minimum Gasteiger partial charge on any atom is -0.351 e. The van der Waals surface area contributed by atoms with Gasteiger partial charge in [-0.3, -0.25) is 9.59 Å². The molecular weight excluding hydrogens is 346 g/mol. The molecule has 2 aromatic carbocycles. The number of benzene rings is 2. The molecular formula is C20H21N3O2S. The zero-order valence-electron chi connectivity index (χ0n) is 14.8. The van der Waals surface area contributed by atoms with Crippen molar-refractivity contribution in [1.29, 1.82) is 0 Å². The molecule has 0 saturated carbocycles. The van der Waals surface area contributed by atoms with E-state index >= 15 is 0 Å². The Hall–Kier alpha value is -2.73. The van der Waals surface area contributed by atoms with Crippen molar-refractivity contribution >= 4 is 40.2 Å². The first-order chi connectivity index (χ1) is 12.6. The molecule has 1 heterocycles. The number of amides is 2. The molecule has 0 saturated heterocycles. The molecule has 134 valence electrons. The highest BCUT2D eigenvalue weighted by atomic mass is 32.2. The van der Waals surface area contributed by atoms with Gasteiger partial charge in [-0.25, -0.2) is 0 Å². The van der Waals surface area contributed by atoms with E-state index in [-0.39, 0.29) is 0 Å². The maximum atomic E-state index is 12.1. The second-order valence-corrected chi connectivity index (χ2v) is 6.83. The molecule has 0 atom stereocenters. The van der Waals surface area contributed by atoms with Crippen molar-refractivity contribution in [2.24, 2.45) is 7.05 Å². The summed E-state index contributed by atoms with van der Waals surface area (Å²) < 4.78 is 2.07. The number of anilines is 1. The number of nitrogens with zero attached hydrogens (tertiary/aromatic N) is 1. The lowest BCUT2D eigenvalue weighted by molar-refractivity contribution is -0.136. The summed E-state index contributed by atoms with van der Waals surface area (Å²) in [5.74, 6) is -1.27. The minimum absolute atomic E-state index is 0.411. The van der Waals surface area contributed by atoms with Crippen LogP contribution in [0, 0.1) is 0 Å². The third-order valence-electron chi connectivity index (χ3n) is 4.21. The fraction of sp³-hybridized carbons (Fsp3) is 0.200. The van der Waals surface area contributed by atoms with E-state index in [2.05, 4.69) is 33.4 Å². The van der Waals surface area contributed by atoms with Gasteiger partial charge in [0.25, 0.3) is 0 Å². The maximum absolute atomic E-state index is 12.1. The lowest BCUT2D eigenvalue weighted by Gasteiger charge is -2.09. The van der Waals surface area contributed by atoms with Crippen molar-refractivity contribution in [2.45, 2.75) is 11.3 Å². The number of rotatable bonds is 5. The largest absolute Gasteiger partial charge is 0.351 e. The normalized spacial score (nSPS) is 10.7. The lowest BCUT2D eigenvalue weighted by atomic mass is 10.1. The molecule has 0 aliphatic carbocycles. The van der Waals surface area contributed by atoms with Crippen LogP contribution in [0.3, 0.4) is 0 Å². The first-order valence-corrected chi connectivity index (χ1v) is 9.57. The number of thioether (sulfide) groups is 1. The Kier molecular flexibility index (Phi) is 5.63. The van der Waals surface area contributed by atoms with Crippen molar-refractivity contribution in [3.05, 3.63) is 60.3 Å². The summed E-state index contributed by atoms with van der Waals surface area (Å²) in [7, 11) is 2.01. The van der Waals surface area contributed by atoms with Gasteiger partial charge in [0.05, 0.1) is 5.69 Å². The van der Waals surface area contributed by atoms with Gasteiger partial charge in [-0.15, -0.1) is 11.8 Å². The molecule has 1 aromatic heterocycles. The van der Waals surface area contributed by atoms with E-state index in [1.807, 2.05) is 43.8 Å². The molecule has 6 heteroatoms. The SMILES string of the molecule is CSc1ccccc1NC(=O)C(=O)NCCc1ccc2c(ccn2C)c1. The van der Waals surface area contributed by atoms with Crippen molar-refractivity contribution in [3.8, 4) is 0 Å². The predicted octanol–water partition coefficient (Wildman–Crippen LogP) is 3.20. The van der Waals surface area contributed by atoms with Crippen LogP contribution in [0.4, 0.5) is 5.69 Å². The van der Waals surface area contributed by atoms with Crippen LogP contribution in [0.15, 0.2) is 59.6 Å². The smallest absolute Gasteiger partial charge is 0.313 e. The Morgan fingerprint density at radius 1 is 1.08 bits per heavy atom. The predicted molar refractivity (Wildman–Crippen MR) is 106 cm³/mol. The van der Waals surface area contributed by atoms with Gasteiger partial charge in [0.1, 0.15) is 0 Å². The molecule has 26 heavy (non-hydrogen) atoms. The first-order valence-electron chi connectivity index (χ1n) is 8.34. The van der Waals surface area contributed by atoms with Crippen LogP contribution in [0.5, 0.6) is 0 Å². The number of hydrogen-bond acceptors (Lipinski definition) is 3. The highest BCUT2D eigenvalue weighted by molar-refractivity contribution is 7.98. The van der Waals surface area contributed by atoms with Crippen molar-refractivity contribution < 1.29 is 9.59 Å². The van der Waals surface area contributed by atoms with Crippen molar-refractivity contribution in [1.82, 2.24) is 9.88 Å². The molecule has 2 amide bonds. The Labute approximate surface area is 156 Å². The summed E-state index contributed by atoms with van der Waals surface area (Å²) in [6, 6.07) is 15.7. The molecule has 0 bridgehead atoms. The van der Waals surface area contributed by atoms with Gasteiger partial charge in [0.2, 0.25) is 0 Å². The number of fused-ring (bicyclic) bond motifs is 1. The molecule has 0 aliphatic rings. The number of carbonyl (C=O) groups is 2. The van der Waals surface area contributed by atoms with Gasteiger partial charge in [-0.05, 0) is 54.0 Å². The third-order valence-corrected chi connectivity index (χ3v) is 5.01. The number of aryl methyl sites for hydroxylation is 1. The molecule has 5 nitrogen and oxygen atoms in total. The van der Waals surface area contributed by atoms with Crippen LogP contribution in [0.2, 0.25) is 0 Å². The minimum atomic E-state index is -0.648. The van der Waals surface area contributed by atoms with Crippen LogP contribution in [-0.4, -0.2) is 29.2 Å². The summed E-state index contributed by atoms with van der Waals surface area (Å²) in [4.78, 5) is 25.0. The molecule has 0 spiro atoms. The van der Waals surface area contributed by atoms with Gasteiger partial charge in [-0.2, -0.15) is 0 Å². The Balaban J connectivity index is 1.53. The molecule has 2 N–H and O–H groups in total. The summed E-state index contributed by atoms with van der Waals surface area (Å²) >= 11 is 1.52. The second kappa shape index (κ2) is 8.10. The number of nitrogens with one attached hydrogen (secondary N) is 2. The zero-order chi connectivity index (χ0) is 18.5. The van der Waals surface area contributed by atoms with E-state index in [9.17, 15) is 9.59 Å². The Morgan fingerprint density at radius 3 is 2.69 bits per heavy atom. The van der Waals surface area contributed by atoms with E-state index in [1.165, 1.54) is 22.7 Å². The second-order valence-electron chi connectivity index (χ2n) is 5.98. The third kappa shape index (κ3) is 4.08. The van der Waals surface area contributed by atoms with Gasteiger partial charge in [-0.1, -0.05) is 18.2 Å². The standard InChI is InChI=1S/C20H21N3O2S/c1-23-12-10-15-13-14(7-8-17(15)23)9-11-21-19(24)20(25)22-16-5-3-4-6-18(16)26-2/h3-8,10,12-13H,9,11H2,1-2H3,(H,21,24)(H,22,25). The molecule has 0 unspecified atom stereocenters. The molecule has 0 fully saturated rings. The number of carbonyl (C=O) groups excluding carboxylic acids is 2. The number of hydrogen-bond donors (Lipinski definition) is 2. The summed E-state index contributed by atoms with van der Waals surface area (Å²) in [5, 5.41) is 6.51. The first kappa shape index (κ1) is 18.1. The van der Waals surface area contributed by atoms with Crippen LogP contribution >= 0.6 is 11.8 Å². The highest BCUT2D eigenvalue weighted by Gasteiger charge is 2.14. The van der Waals surface area contributed by atoms with Gasteiger partial charge in [0.15, 0.2) is 0 Å². The molecule has 0 aliphatic heterocycles. The Morgan fingerprint density at radius 2 is 1.88 bits per heavy atom. The fourth-order valence-electron chi connectivity index (χ4n) is 2.81.